The first-order valence-corrected chi connectivity index (χ1v) is 9.08. The topological polar surface area (TPSA) is 52.6 Å². The molecule has 0 aliphatic heterocycles. The van der Waals surface area contributed by atoms with Crippen molar-refractivity contribution in [3.8, 4) is 0 Å². The summed E-state index contributed by atoms with van der Waals surface area (Å²) in [4.78, 5) is 0. The van der Waals surface area contributed by atoms with E-state index in [9.17, 15) is 30.4 Å². The molecule has 0 fully saturated rings. The summed E-state index contributed by atoms with van der Waals surface area (Å²) in [6.07, 6.45) is -5.92. The van der Waals surface area contributed by atoms with Crippen molar-refractivity contribution in [3.63, 3.8) is 0 Å². The summed E-state index contributed by atoms with van der Waals surface area (Å²) < 4.78 is 88.3. The second kappa shape index (κ2) is 6.07. The predicted octanol–water partition coefficient (Wildman–Crippen LogP) is 3.34. The van der Waals surface area contributed by atoms with Gasteiger partial charge in [0.2, 0.25) is 0 Å². The van der Waals surface area contributed by atoms with E-state index in [2.05, 4.69) is 6.70 Å². The van der Waals surface area contributed by atoms with Gasteiger partial charge >= 0.3 is 119 Å². The summed E-state index contributed by atoms with van der Waals surface area (Å²) >= 11 is -4.95. The first-order valence-electron chi connectivity index (χ1n) is 4.71. The van der Waals surface area contributed by atoms with E-state index in [0.717, 1.165) is 12.1 Å². The fourth-order valence-corrected chi connectivity index (χ4v) is 6.77. The van der Waals surface area contributed by atoms with Gasteiger partial charge in [0, 0.05) is 0 Å². The molecule has 11 heteroatoms. The zero-order valence-corrected chi connectivity index (χ0v) is 12.7. The normalized spacial score (nSPS) is 14.2. The second-order valence-electron chi connectivity index (χ2n) is 3.18. The Bertz CT molecular complexity index is 545. The molecule has 1 rings (SSSR count). The second-order valence-corrected chi connectivity index (χ2v) is 9.55. The molecule has 4 nitrogen and oxygen atoms in total. The number of alkyl halides is 6. The maximum atomic E-state index is 13.4. The van der Waals surface area contributed by atoms with Gasteiger partial charge < -0.3 is 0 Å². The Morgan fingerprint density at radius 2 is 1.55 bits per heavy atom. The van der Waals surface area contributed by atoms with Crippen LogP contribution < -0.4 is 0 Å². The van der Waals surface area contributed by atoms with E-state index in [1.54, 1.807) is 0 Å². The average Bonchev–Trinajstić information content (AvgIpc) is 2.35. The van der Waals surface area contributed by atoms with E-state index < -0.39 is 44.3 Å². The van der Waals surface area contributed by atoms with Gasteiger partial charge in [0.25, 0.3) is 0 Å². The fourth-order valence-electron chi connectivity index (χ4n) is 0.942. The monoisotopic (exact) mass is 434 g/mol. The molecular formula is C9H8F5IO4S. The maximum absolute atomic E-state index is 13.4. The molecule has 116 valence electrons. The van der Waals surface area contributed by atoms with Crippen LogP contribution in [0.25, 0.3) is 0 Å². The van der Waals surface area contributed by atoms with Gasteiger partial charge in [-0.3, -0.25) is 0 Å². The summed E-state index contributed by atoms with van der Waals surface area (Å²) in [5.74, 6) is 0. The third-order valence-corrected chi connectivity index (χ3v) is 8.59. The summed E-state index contributed by atoms with van der Waals surface area (Å²) in [7, 11) is -4.32. The fraction of sp³-hybridized carbons (Fsp3) is 0.333. The molecule has 0 N–H and O–H groups in total. The molecule has 0 heterocycles. The summed E-state index contributed by atoms with van der Waals surface area (Å²) in [6, 6.07) is 5.70. The van der Waals surface area contributed by atoms with E-state index in [1.165, 1.54) is 18.2 Å². The zero-order chi connectivity index (χ0) is 15.6. The Morgan fingerprint density at radius 1 is 1.05 bits per heavy atom. The van der Waals surface area contributed by atoms with Crippen LogP contribution in [-0.2, 0) is 17.1 Å². The summed E-state index contributed by atoms with van der Waals surface area (Å²) in [5.41, 5.74) is 0. The van der Waals surface area contributed by atoms with Gasteiger partial charge in [0.15, 0.2) is 0 Å². The molecule has 0 radical (unpaired) electrons. The molecule has 0 saturated heterocycles. The van der Waals surface area contributed by atoms with E-state index >= 15 is 0 Å². The number of benzene rings is 1. The quantitative estimate of drug-likeness (QED) is 0.406. The molecule has 0 aromatic heterocycles. The third kappa shape index (κ3) is 3.99. The number of halogens is 6. The van der Waals surface area contributed by atoms with Gasteiger partial charge in [-0.25, -0.2) is 0 Å². The van der Waals surface area contributed by atoms with E-state index in [1.807, 2.05) is 0 Å². The van der Waals surface area contributed by atoms with Crippen molar-refractivity contribution in [1.29, 1.82) is 0 Å². The summed E-state index contributed by atoms with van der Waals surface area (Å²) in [6.45, 7) is 0. The molecule has 0 bridgehead atoms. The molecule has 1 aromatic carbocycles. The van der Waals surface area contributed by atoms with Crippen molar-refractivity contribution >= 4 is 30.6 Å². The molecule has 20 heavy (non-hydrogen) atoms. The molecule has 0 spiro atoms. The van der Waals surface area contributed by atoms with Crippen LogP contribution in [0, 0.1) is 3.57 Å². The van der Waals surface area contributed by atoms with E-state index in [-0.39, 0.29) is 0 Å². The van der Waals surface area contributed by atoms with Crippen LogP contribution in [0.3, 0.4) is 0 Å². The van der Waals surface area contributed by atoms with Crippen LogP contribution in [0.4, 0.5) is 22.0 Å². The minimum atomic E-state index is -5.92. The average molecular weight is 434 g/mol. The van der Waals surface area contributed by atoms with Crippen LogP contribution in [-0.4, -0.2) is 25.6 Å². The van der Waals surface area contributed by atoms with Gasteiger partial charge in [-0.2, -0.15) is 0 Å². The van der Waals surface area contributed by atoms with Crippen molar-refractivity contribution in [2.45, 2.75) is 10.1 Å². The first-order chi connectivity index (χ1) is 9.01. The molecule has 0 aliphatic carbocycles. The van der Waals surface area contributed by atoms with Crippen LogP contribution >= 0.6 is 20.2 Å². The van der Waals surface area contributed by atoms with Crippen LogP contribution in [0.2, 0.25) is 0 Å². The molecule has 0 saturated carbocycles. The van der Waals surface area contributed by atoms with Gasteiger partial charge in [-0.1, -0.05) is 0 Å². The molecular weight excluding hydrogens is 426 g/mol. The molecule has 0 aliphatic rings. The van der Waals surface area contributed by atoms with Gasteiger partial charge in [-0.05, 0) is 0 Å². The van der Waals surface area contributed by atoms with Gasteiger partial charge in [-0.15, -0.1) is 0 Å². The molecule has 1 aromatic rings. The van der Waals surface area contributed by atoms with Crippen LogP contribution in [0.5, 0.6) is 0 Å². The Labute approximate surface area is 119 Å². The van der Waals surface area contributed by atoms with Gasteiger partial charge in [0.1, 0.15) is 0 Å². The summed E-state index contributed by atoms with van der Waals surface area (Å²) in [5, 5.41) is 0. The van der Waals surface area contributed by atoms with Crippen molar-refractivity contribution in [2.75, 3.05) is 7.11 Å². The number of hydrogen-bond acceptors (Lipinski definition) is 4. The van der Waals surface area contributed by atoms with Crippen LogP contribution in [0.1, 0.15) is 0 Å². The SMILES string of the molecule is COS(=O)(=O)OI(c1ccccc1)C(F)(F)C(F)(F)F. The number of rotatable bonds is 5. The molecule has 0 atom stereocenters. The first kappa shape index (κ1) is 17.5. The Hall–Kier alpha value is -0.530. The number of hydrogen-bond donors (Lipinski definition) is 0. The Morgan fingerprint density at radius 3 is 1.95 bits per heavy atom. The predicted molar refractivity (Wildman–Crippen MR) is 67.2 cm³/mol. The van der Waals surface area contributed by atoms with E-state index in [0.29, 0.717) is 7.11 Å². The molecule has 0 unspecified atom stereocenters. The van der Waals surface area contributed by atoms with Crippen LogP contribution in [0.15, 0.2) is 30.3 Å². The Kier molecular flexibility index (Phi) is 5.32. The van der Waals surface area contributed by atoms with Gasteiger partial charge in [0.05, 0.1) is 0 Å². The van der Waals surface area contributed by atoms with Crippen molar-refractivity contribution in [3.05, 3.63) is 33.9 Å². The Balaban J connectivity index is 3.30. The van der Waals surface area contributed by atoms with Crippen molar-refractivity contribution in [2.24, 2.45) is 0 Å². The van der Waals surface area contributed by atoms with E-state index in [4.69, 9.17) is 0 Å². The molecule has 0 amide bonds. The standard InChI is InChI=1S/C9H8F5IO4S/c1-18-20(16,17)19-15(7-5-3-2-4-6-7)9(13,14)8(10,11)12/h2-6H,1H3. The third-order valence-electron chi connectivity index (χ3n) is 1.81. The van der Waals surface area contributed by atoms with Crippen molar-refractivity contribution < 1.29 is 37.1 Å². The van der Waals surface area contributed by atoms with Crippen molar-refractivity contribution in [1.82, 2.24) is 0 Å². The minimum absolute atomic E-state index is 0.500. The zero-order valence-electron chi connectivity index (χ0n) is 9.70.